The van der Waals surface area contributed by atoms with Crippen molar-refractivity contribution in [3.05, 3.63) is 52.4 Å². The number of furan rings is 1. The molecule has 1 saturated heterocycles. The first kappa shape index (κ1) is 17.5. The van der Waals surface area contributed by atoms with E-state index in [4.69, 9.17) is 4.42 Å². The normalized spacial score (nSPS) is 15.2. The van der Waals surface area contributed by atoms with Gasteiger partial charge in [0, 0.05) is 23.5 Å². The summed E-state index contributed by atoms with van der Waals surface area (Å²) in [5.41, 5.74) is 0.281. The molecule has 132 valence electrons. The Bertz CT molecular complexity index is 752. The Morgan fingerprint density at radius 2 is 2.04 bits per heavy atom. The number of halogens is 1. The van der Waals surface area contributed by atoms with E-state index in [-0.39, 0.29) is 29.0 Å². The molecule has 0 unspecified atom stereocenters. The summed E-state index contributed by atoms with van der Waals surface area (Å²) < 4.78 is 5.91. The van der Waals surface area contributed by atoms with Crippen molar-refractivity contribution in [2.45, 2.75) is 19.4 Å². The van der Waals surface area contributed by atoms with Crippen LogP contribution in [0.25, 0.3) is 0 Å². The van der Waals surface area contributed by atoms with Crippen LogP contribution in [0.3, 0.4) is 0 Å². The van der Waals surface area contributed by atoms with Crippen LogP contribution in [0, 0.1) is 5.92 Å². The number of likely N-dealkylation sites (tertiary alicyclic amines) is 1. The van der Waals surface area contributed by atoms with Gasteiger partial charge >= 0.3 is 0 Å². The first-order valence-electron chi connectivity index (χ1n) is 8.12. The number of rotatable bonds is 4. The molecular weight excluding hydrogens is 388 g/mol. The van der Waals surface area contributed by atoms with Gasteiger partial charge in [-0.3, -0.25) is 9.59 Å². The van der Waals surface area contributed by atoms with Gasteiger partial charge in [-0.2, -0.15) is 0 Å². The number of phenols is 1. The molecule has 3 rings (SSSR count). The number of carbonyl (C=O) groups excluding carboxylic acids is 2. The van der Waals surface area contributed by atoms with Gasteiger partial charge in [0.2, 0.25) is 5.91 Å². The maximum absolute atomic E-state index is 12.5. The molecule has 2 heterocycles. The number of hydrogen-bond donors (Lipinski definition) is 2. The minimum Gasteiger partial charge on any atom is -0.507 e. The number of carbonyl (C=O) groups is 2. The third-order valence-corrected chi connectivity index (χ3v) is 4.85. The summed E-state index contributed by atoms with van der Waals surface area (Å²) in [4.78, 5) is 26.4. The molecule has 0 bridgehead atoms. The van der Waals surface area contributed by atoms with Gasteiger partial charge in [-0.05, 0) is 43.2 Å². The highest BCUT2D eigenvalue weighted by molar-refractivity contribution is 9.10. The predicted molar refractivity (Wildman–Crippen MR) is 95.0 cm³/mol. The predicted octanol–water partition coefficient (Wildman–Crippen LogP) is 2.92. The quantitative estimate of drug-likeness (QED) is 0.817. The molecule has 2 aromatic rings. The summed E-state index contributed by atoms with van der Waals surface area (Å²) in [6.07, 6.45) is 2.78. The third kappa shape index (κ3) is 4.22. The zero-order valence-corrected chi connectivity index (χ0v) is 15.2. The summed E-state index contributed by atoms with van der Waals surface area (Å²) in [5.74, 6) is 0.330. The highest BCUT2D eigenvalue weighted by Crippen LogP contribution is 2.26. The molecule has 1 aliphatic rings. The van der Waals surface area contributed by atoms with E-state index in [0.717, 1.165) is 0 Å². The highest BCUT2D eigenvalue weighted by atomic mass is 79.9. The van der Waals surface area contributed by atoms with Crippen molar-refractivity contribution in [2.24, 2.45) is 5.92 Å². The van der Waals surface area contributed by atoms with Crippen LogP contribution in [0.2, 0.25) is 0 Å². The maximum Gasteiger partial charge on any atom is 0.257 e. The second kappa shape index (κ2) is 7.74. The lowest BCUT2D eigenvalue weighted by atomic mass is 9.95. The van der Waals surface area contributed by atoms with E-state index in [2.05, 4.69) is 21.2 Å². The monoisotopic (exact) mass is 406 g/mol. The Hall–Kier alpha value is -2.28. The second-order valence-corrected chi connectivity index (χ2v) is 6.94. The molecule has 1 aliphatic heterocycles. The second-order valence-electron chi connectivity index (χ2n) is 6.03. The van der Waals surface area contributed by atoms with Crippen molar-refractivity contribution in [1.29, 1.82) is 0 Å². The molecule has 0 saturated carbocycles. The van der Waals surface area contributed by atoms with Gasteiger partial charge in [0.25, 0.3) is 5.91 Å². The largest absolute Gasteiger partial charge is 0.507 e. The summed E-state index contributed by atoms with van der Waals surface area (Å²) in [5, 5.41) is 12.8. The fourth-order valence-corrected chi connectivity index (χ4v) is 3.28. The van der Waals surface area contributed by atoms with Crippen LogP contribution in [0.5, 0.6) is 5.75 Å². The molecule has 1 aromatic heterocycles. The average Bonchev–Trinajstić information content (AvgIpc) is 3.13. The number of phenolic OH excluding ortho intramolecular Hbond substituents is 1. The van der Waals surface area contributed by atoms with Crippen LogP contribution in [0.15, 0.2) is 45.5 Å². The van der Waals surface area contributed by atoms with Gasteiger partial charge in [-0.15, -0.1) is 0 Å². The van der Waals surface area contributed by atoms with Crippen molar-refractivity contribution in [2.75, 3.05) is 13.1 Å². The van der Waals surface area contributed by atoms with Gasteiger partial charge in [0.15, 0.2) is 0 Å². The molecule has 6 nitrogen and oxygen atoms in total. The SMILES string of the molecule is O=C(NCc1ccco1)C1CCN(C(=O)c2ccc(Br)cc2O)CC1. The van der Waals surface area contributed by atoms with Crippen LogP contribution < -0.4 is 5.32 Å². The van der Waals surface area contributed by atoms with E-state index < -0.39 is 0 Å². The zero-order valence-electron chi connectivity index (χ0n) is 13.6. The summed E-state index contributed by atoms with van der Waals surface area (Å²) >= 11 is 3.26. The summed E-state index contributed by atoms with van der Waals surface area (Å²) in [6.45, 7) is 1.36. The van der Waals surface area contributed by atoms with Crippen molar-refractivity contribution >= 4 is 27.7 Å². The molecule has 0 spiro atoms. The number of benzene rings is 1. The Labute approximate surface area is 153 Å². The number of nitrogens with one attached hydrogen (secondary N) is 1. The maximum atomic E-state index is 12.5. The number of hydrogen-bond acceptors (Lipinski definition) is 4. The molecule has 1 aromatic carbocycles. The average molecular weight is 407 g/mol. The Balaban J connectivity index is 1.52. The van der Waals surface area contributed by atoms with Gasteiger partial charge in [-0.25, -0.2) is 0 Å². The van der Waals surface area contributed by atoms with Gasteiger partial charge < -0.3 is 19.7 Å². The van der Waals surface area contributed by atoms with Crippen LogP contribution in [-0.4, -0.2) is 34.9 Å². The Morgan fingerprint density at radius 1 is 1.28 bits per heavy atom. The smallest absolute Gasteiger partial charge is 0.257 e. The molecule has 1 fully saturated rings. The van der Waals surface area contributed by atoms with Crippen LogP contribution in [0.1, 0.15) is 29.0 Å². The minimum absolute atomic E-state index is 0.0185. The van der Waals surface area contributed by atoms with E-state index in [9.17, 15) is 14.7 Å². The molecule has 25 heavy (non-hydrogen) atoms. The first-order chi connectivity index (χ1) is 12.0. The zero-order chi connectivity index (χ0) is 17.8. The molecular formula is C18H19BrN2O4. The van der Waals surface area contributed by atoms with Crippen molar-refractivity contribution in [3.8, 4) is 5.75 Å². The molecule has 7 heteroatoms. The van der Waals surface area contributed by atoms with Crippen LogP contribution >= 0.6 is 15.9 Å². The number of aromatic hydroxyl groups is 1. The lowest BCUT2D eigenvalue weighted by Gasteiger charge is -2.31. The Kier molecular flexibility index (Phi) is 5.43. The van der Waals surface area contributed by atoms with Gasteiger partial charge in [-0.1, -0.05) is 15.9 Å². The van der Waals surface area contributed by atoms with Crippen molar-refractivity contribution in [1.82, 2.24) is 10.2 Å². The lowest BCUT2D eigenvalue weighted by Crippen LogP contribution is -2.42. The third-order valence-electron chi connectivity index (χ3n) is 4.36. The van der Waals surface area contributed by atoms with Crippen LogP contribution in [0.4, 0.5) is 0 Å². The lowest BCUT2D eigenvalue weighted by molar-refractivity contribution is -0.126. The topological polar surface area (TPSA) is 82.8 Å². The van der Waals surface area contributed by atoms with E-state index in [0.29, 0.717) is 42.7 Å². The molecule has 2 amide bonds. The summed E-state index contributed by atoms with van der Waals surface area (Å²) in [6, 6.07) is 8.42. The molecule has 0 aliphatic carbocycles. The number of amides is 2. The minimum atomic E-state index is -0.209. The van der Waals surface area contributed by atoms with E-state index in [1.54, 1.807) is 29.4 Å². The van der Waals surface area contributed by atoms with Gasteiger partial charge in [0.1, 0.15) is 11.5 Å². The van der Waals surface area contributed by atoms with Gasteiger partial charge in [0.05, 0.1) is 18.4 Å². The standard InChI is InChI=1S/C18H19BrN2O4/c19-13-3-4-15(16(22)10-13)18(24)21-7-5-12(6-8-21)17(23)20-11-14-2-1-9-25-14/h1-4,9-10,12,22H,5-8,11H2,(H,20,23). The van der Waals surface area contributed by atoms with Crippen molar-refractivity contribution < 1.29 is 19.1 Å². The summed E-state index contributed by atoms with van der Waals surface area (Å²) in [7, 11) is 0. The van der Waals surface area contributed by atoms with E-state index in [1.807, 2.05) is 6.07 Å². The molecule has 2 N–H and O–H groups in total. The number of nitrogens with zero attached hydrogens (tertiary/aromatic N) is 1. The molecule has 0 radical (unpaired) electrons. The first-order valence-corrected chi connectivity index (χ1v) is 8.92. The highest BCUT2D eigenvalue weighted by Gasteiger charge is 2.28. The number of piperidine rings is 1. The molecule has 0 atom stereocenters. The van der Waals surface area contributed by atoms with E-state index >= 15 is 0 Å². The Morgan fingerprint density at radius 3 is 2.68 bits per heavy atom. The van der Waals surface area contributed by atoms with E-state index in [1.165, 1.54) is 6.07 Å². The van der Waals surface area contributed by atoms with Crippen LogP contribution in [-0.2, 0) is 11.3 Å². The van der Waals surface area contributed by atoms with Crippen molar-refractivity contribution in [3.63, 3.8) is 0 Å². The fourth-order valence-electron chi connectivity index (χ4n) is 2.93. The fraction of sp³-hybridized carbons (Fsp3) is 0.333.